The van der Waals surface area contributed by atoms with Gasteiger partial charge in [0.15, 0.2) is 11.0 Å². The van der Waals surface area contributed by atoms with Crippen LogP contribution in [0.2, 0.25) is 0 Å². The van der Waals surface area contributed by atoms with Gasteiger partial charge in [0.25, 0.3) is 0 Å². The molecule has 3 aromatic rings. The Bertz CT molecular complexity index is 1040. The summed E-state index contributed by atoms with van der Waals surface area (Å²) in [7, 11) is 3.35. The predicted molar refractivity (Wildman–Crippen MR) is 110 cm³/mol. The van der Waals surface area contributed by atoms with Gasteiger partial charge in [-0.2, -0.15) is 0 Å². The van der Waals surface area contributed by atoms with Gasteiger partial charge in [-0.3, -0.25) is 9.59 Å². The number of anilines is 2. The number of carbonyl (C=O) groups excluding carboxylic acids is 2. The minimum Gasteiger partial charge on any atom is -0.495 e. The van der Waals surface area contributed by atoms with Crippen LogP contribution < -0.4 is 15.4 Å². The second kappa shape index (κ2) is 8.82. The van der Waals surface area contributed by atoms with E-state index in [0.29, 0.717) is 28.1 Å². The van der Waals surface area contributed by atoms with Crippen molar-refractivity contribution in [3.05, 3.63) is 36.3 Å². The second-order valence-corrected chi connectivity index (χ2v) is 7.13. The molecule has 9 nitrogen and oxygen atoms in total. The fourth-order valence-electron chi connectivity index (χ4n) is 2.70. The molecule has 0 fully saturated rings. The minimum atomic E-state index is -0.239. The summed E-state index contributed by atoms with van der Waals surface area (Å²) >= 11 is 1.26. The molecule has 0 saturated carbocycles. The molecule has 0 spiro atoms. The van der Waals surface area contributed by atoms with Crippen molar-refractivity contribution in [3.8, 4) is 17.1 Å². The van der Waals surface area contributed by atoms with Gasteiger partial charge in [-0.05, 0) is 31.2 Å². The van der Waals surface area contributed by atoms with E-state index in [4.69, 9.17) is 9.15 Å². The van der Waals surface area contributed by atoms with Crippen LogP contribution >= 0.6 is 11.8 Å². The van der Waals surface area contributed by atoms with Gasteiger partial charge < -0.3 is 24.4 Å². The molecule has 2 N–H and O–H groups in total. The monoisotopic (exact) mass is 415 g/mol. The second-order valence-electron chi connectivity index (χ2n) is 6.19. The molecule has 152 valence electrons. The Balaban J connectivity index is 1.67. The number of aromatic nitrogens is 3. The standard InChI is InChI=1S/C19H21N5O4S/c1-11-14(7-8-28-11)18-22-23-19(24(18)3)29-10-17(26)21-15-9-13(20-12(2)25)5-6-16(15)27-4/h5-9H,10H2,1-4H3,(H,20,25)(H,21,26). The van der Waals surface area contributed by atoms with Crippen LogP contribution in [0.5, 0.6) is 5.75 Å². The molecule has 2 aromatic heterocycles. The van der Waals surface area contributed by atoms with Crippen LogP contribution in [0, 0.1) is 6.92 Å². The number of methoxy groups -OCH3 is 1. The summed E-state index contributed by atoms with van der Waals surface area (Å²) in [6.45, 7) is 3.27. The SMILES string of the molecule is COc1ccc(NC(C)=O)cc1NC(=O)CSc1nnc(-c2ccoc2C)n1C. The lowest BCUT2D eigenvalue weighted by Crippen LogP contribution is -2.15. The first-order valence-corrected chi connectivity index (χ1v) is 9.69. The van der Waals surface area contributed by atoms with Gasteiger partial charge in [0.2, 0.25) is 11.8 Å². The maximum Gasteiger partial charge on any atom is 0.234 e. The summed E-state index contributed by atoms with van der Waals surface area (Å²) < 4.78 is 12.4. The minimum absolute atomic E-state index is 0.129. The molecule has 0 unspecified atom stereocenters. The van der Waals surface area contributed by atoms with E-state index < -0.39 is 0 Å². The molecule has 0 bridgehead atoms. The molecule has 0 aliphatic rings. The van der Waals surface area contributed by atoms with Crippen LogP contribution in [-0.4, -0.2) is 39.4 Å². The number of hydrogen-bond donors (Lipinski definition) is 2. The van der Waals surface area contributed by atoms with Crippen molar-refractivity contribution in [2.45, 2.75) is 19.0 Å². The fraction of sp³-hybridized carbons (Fsp3) is 0.263. The number of aryl methyl sites for hydroxylation is 1. The van der Waals surface area contributed by atoms with E-state index in [1.165, 1.54) is 25.8 Å². The van der Waals surface area contributed by atoms with E-state index in [1.807, 2.05) is 24.6 Å². The molecule has 1 aromatic carbocycles. The third-order valence-corrected chi connectivity index (χ3v) is 5.08. The first-order valence-electron chi connectivity index (χ1n) is 8.71. The van der Waals surface area contributed by atoms with Crippen molar-refractivity contribution in [1.29, 1.82) is 0 Å². The van der Waals surface area contributed by atoms with Crippen LogP contribution in [0.4, 0.5) is 11.4 Å². The highest BCUT2D eigenvalue weighted by atomic mass is 32.2. The number of nitrogens with one attached hydrogen (secondary N) is 2. The zero-order valence-corrected chi connectivity index (χ0v) is 17.3. The van der Waals surface area contributed by atoms with Gasteiger partial charge in [0.05, 0.1) is 30.4 Å². The van der Waals surface area contributed by atoms with Gasteiger partial charge in [-0.25, -0.2) is 0 Å². The molecule has 0 radical (unpaired) electrons. The zero-order chi connectivity index (χ0) is 21.0. The lowest BCUT2D eigenvalue weighted by molar-refractivity contribution is -0.114. The van der Waals surface area contributed by atoms with Crippen LogP contribution in [0.3, 0.4) is 0 Å². The molecular formula is C19H21N5O4S. The highest BCUT2D eigenvalue weighted by molar-refractivity contribution is 7.99. The van der Waals surface area contributed by atoms with E-state index in [9.17, 15) is 9.59 Å². The maximum absolute atomic E-state index is 12.4. The van der Waals surface area contributed by atoms with E-state index in [0.717, 1.165) is 11.3 Å². The fourth-order valence-corrected chi connectivity index (χ4v) is 3.41. The molecule has 2 amide bonds. The van der Waals surface area contributed by atoms with E-state index in [2.05, 4.69) is 20.8 Å². The Kier molecular flexibility index (Phi) is 6.23. The average Bonchev–Trinajstić information content (AvgIpc) is 3.25. The molecule has 29 heavy (non-hydrogen) atoms. The number of rotatable bonds is 7. The number of ether oxygens (including phenoxy) is 1. The number of nitrogens with zero attached hydrogens (tertiary/aromatic N) is 3. The van der Waals surface area contributed by atoms with Crippen molar-refractivity contribution in [3.63, 3.8) is 0 Å². The van der Waals surface area contributed by atoms with Crippen LogP contribution in [0.1, 0.15) is 12.7 Å². The van der Waals surface area contributed by atoms with Crippen LogP contribution in [-0.2, 0) is 16.6 Å². The molecule has 0 aliphatic heterocycles. The van der Waals surface area contributed by atoms with E-state index in [1.54, 1.807) is 24.5 Å². The third kappa shape index (κ3) is 4.77. The van der Waals surface area contributed by atoms with Crippen LogP contribution in [0.15, 0.2) is 40.1 Å². The van der Waals surface area contributed by atoms with Gasteiger partial charge >= 0.3 is 0 Å². The van der Waals surface area contributed by atoms with Gasteiger partial charge in [-0.15, -0.1) is 10.2 Å². The average molecular weight is 415 g/mol. The summed E-state index contributed by atoms with van der Waals surface area (Å²) in [6, 6.07) is 6.85. The van der Waals surface area contributed by atoms with Gasteiger partial charge in [0.1, 0.15) is 11.5 Å². The molecule has 10 heteroatoms. The number of amides is 2. The lowest BCUT2D eigenvalue weighted by atomic mass is 10.2. The Morgan fingerprint density at radius 2 is 2.03 bits per heavy atom. The Hall–Kier alpha value is -3.27. The largest absolute Gasteiger partial charge is 0.495 e. The van der Waals surface area contributed by atoms with Crippen molar-refractivity contribution in [2.24, 2.45) is 7.05 Å². The Labute approximate surface area is 171 Å². The lowest BCUT2D eigenvalue weighted by Gasteiger charge is -2.12. The molecule has 0 aliphatic carbocycles. The smallest absolute Gasteiger partial charge is 0.234 e. The highest BCUT2D eigenvalue weighted by Gasteiger charge is 2.16. The number of carbonyl (C=O) groups is 2. The summed E-state index contributed by atoms with van der Waals surface area (Å²) in [5.74, 6) is 1.61. The Morgan fingerprint density at radius 1 is 1.24 bits per heavy atom. The van der Waals surface area contributed by atoms with E-state index in [-0.39, 0.29) is 17.6 Å². The number of benzene rings is 1. The topological polar surface area (TPSA) is 111 Å². The van der Waals surface area contributed by atoms with E-state index >= 15 is 0 Å². The zero-order valence-electron chi connectivity index (χ0n) is 16.5. The highest BCUT2D eigenvalue weighted by Crippen LogP contribution is 2.29. The van der Waals surface area contributed by atoms with Gasteiger partial charge in [-0.1, -0.05) is 11.8 Å². The number of furan rings is 1. The quantitative estimate of drug-likeness (QED) is 0.570. The first-order chi connectivity index (χ1) is 13.9. The van der Waals surface area contributed by atoms with Gasteiger partial charge in [0, 0.05) is 19.7 Å². The molecular weight excluding hydrogens is 394 g/mol. The predicted octanol–water partition coefficient (Wildman–Crippen LogP) is 3.08. The molecule has 0 saturated heterocycles. The normalized spacial score (nSPS) is 10.6. The molecule has 0 atom stereocenters. The summed E-state index contributed by atoms with van der Waals surface area (Å²) in [5.41, 5.74) is 1.89. The Morgan fingerprint density at radius 3 is 2.69 bits per heavy atom. The summed E-state index contributed by atoms with van der Waals surface area (Å²) in [5, 5.41) is 14.4. The number of hydrogen-bond acceptors (Lipinski definition) is 7. The number of thioether (sulfide) groups is 1. The molecule has 2 heterocycles. The van der Waals surface area contributed by atoms with Crippen molar-refractivity contribution in [2.75, 3.05) is 23.5 Å². The summed E-state index contributed by atoms with van der Waals surface area (Å²) in [4.78, 5) is 23.7. The third-order valence-electron chi connectivity index (χ3n) is 4.06. The van der Waals surface area contributed by atoms with Crippen molar-refractivity contribution >= 4 is 35.0 Å². The van der Waals surface area contributed by atoms with Crippen molar-refractivity contribution in [1.82, 2.24) is 14.8 Å². The van der Waals surface area contributed by atoms with Crippen LogP contribution in [0.25, 0.3) is 11.4 Å². The molecule has 3 rings (SSSR count). The summed E-state index contributed by atoms with van der Waals surface area (Å²) in [6.07, 6.45) is 1.60. The maximum atomic E-state index is 12.4. The van der Waals surface area contributed by atoms with Crippen molar-refractivity contribution < 1.29 is 18.7 Å². The first kappa shape index (κ1) is 20.5.